The van der Waals surface area contributed by atoms with Gasteiger partial charge in [-0.1, -0.05) is 0 Å². The third kappa shape index (κ3) is 6.97. The molecule has 0 saturated heterocycles. The highest BCUT2D eigenvalue weighted by Gasteiger charge is 2.28. The van der Waals surface area contributed by atoms with Gasteiger partial charge in [0.1, 0.15) is 24.2 Å². The van der Waals surface area contributed by atoms with Crippen LogP contribution in [0, 0.1) is 0 Å². The van der Waals surface area contributed by atoms with E-state index in [-0.39, 0.29) is 0 Å². The van der Waals surface area contributed by atoms with Crippen LogP contribution >= 0.6 is 0 Å². The van der Waals surface area contributed by atoms with Crippen molar-refractivity contribution in [3.63, 3.8) is 0 Å². The fraction of sp³-hybridized carbons (Fsp3) is 0.667. The molecule has 12 nitrogen and oxygen atoms in total. The van der Waals surface area contributed by atoms with Crippen molar-refractivity contribution < 1.29 is 39.6 Å². The number of nitrogens with two attached hydrogens (primary N) is 1. The number of amides is 3. The van der Waals surface area contributed by atoms with Crippen LogP contribution in [-0.2, 0) is 19.2 Å². The summed E-state index contributed by atoms with van der Waals surface area (Å²) in [4.78, 5) is 45.5. The van der Waals surface area contributed by atoms with Crippen LogP contribution in [0.15, 0.2) is 0 Å². The van der Waals surface area contributed by atoms with Crippen LogP contribution in [0.3, 0.4) is 0 Å². The second-order valence-corrected chi connectivity index (χ2v) is 4.64. The molecule has 0 aromatic heterocycles. The van der Waals surface area contributed by atoms with Gasteiger partial charge in [0.2, 0.25) is 24.0 Å². The number of carbonyl (C=O) groups excluding carboxylic acids is 4. The zero-order valence-electron chi connectivity index (χ0n) is 12.6. The SMILES string of the molecule is N[C@@H](CO)C(=O)N[C@@H](CO)C(=O)N[C@@H](CO)C(=O)N[C@H]([C]=O)CO. The quantitative estimate of drug-likeness (QED) is 0.178. The largest absolute Gasteiger partial charge is 0.394 e. The van der Waals surface area contributed by atoms with Gasteiger partial charge in [0.25, 0.3) is 0 Å². The van der Waals surface area contributed by atoms with Gasteiger partial charge in [0.15, 0.2) is 0 Å². The van der Waals surface area contributed by atoms with Crippen molar-refractivity contribution >= 4 is 24.0 Å². The molecule has 0 spiro atoms. The van der Waals surface area contributed by atoms with Gasteiger partial charge in [0, 0.05) is 0 Å². The Balaban J connectivity index is 4.78. The van der Waals surface area contributed by atoms with Gasteiger partial charge in [-0.2, -0.15) is 0 Å². The van der Waals surface area contributed by atoms with E-state index in [4.69, 9.17) is 26.2 Å². The number of hydrogen-bond acceptors (Lipinski definition) is 9. The molecule has 0 aliphatic carbocycles. The standard InChI is InChI=1S/C12H21N4O8/c13-7(3-19)10(22)15-9(5-21)12(24)16-8(4-20)11(23)14-6(1-17)2-18/h6-9,17,19-21H,1,3-5,13H2,(H,14,23)(H,15,22)(H,16,24)/t6-,7-,8-,9-/m0/s1. The highest BCUT2D eigenvalue weighted by molar-refractivity contribution is 5.93. The molecule has 0 unspecified atom stereocenters. The Bertz CT molecular complexity index is 447. The van der Waals surface area contributed by atoms with Gasteiger partial charge in [-0.25, -0.2) is 0 Å². The fourth-order valence-corrected chi connectivity index (χ4v) is 1.41. The summed E-state index contributed by atoms with van der Waals surface area (Å²) in [7, 11) is 0. The van der Waals surface area contributed by atoms with Crippen LogP contribution in [0.4, 0.5) is 0 Å². The summed E-state index contributed by atoms with van der Waals surface area (Å²) in [5.41, 5.74) is 5.24. The molecule has 0 rings (SSSR count). The molecule has 9 N–H and O–H groups in total. The van der Waals surface area contributed by atoms with Crippen LogP contribution in [0.1, 0.15) is 0 Å². The van der Waals surface area contributed by atoms with E-state index in [9.17, 15) is 19.2 Å². The summed E-state index contributed by atoms with van der Waals surface area (Å²) in [6, 6.07) is -5.63. The lowest BCUT2D eigenvalue weighted by Gasteiger charge is -2.22. The maximum Gasteiger partial charge on any atom is 0.245 e. The molecule has 0 fully saturated rings. The minimum absolute atomic E-state index is 0.683. The van der Waals surface area contributed by atoms with Gasteiger partial charge in [-0.3, -0.25) is 19.2 Å². The molecule has 0 saturated carbocycles. The molecular weight excluding hydrogens is 328 g/mol. The van der Waals surface area contributed by atoms with E-state index < -0.39 is 68.3 Å². The van der Waals surface area contributed by atoms with Gasteiger partial charge >= 0.3 is 0 Å². The molecule has 4 atom stereocenters. The molecule has 0 aromatic carbocycles. The first kappa shape index (κ1) is 21.9. The van der Waals surface area contributed by atoms with Gasteiger partial charge in [0.05, 0.1) is 26.4 Å². The van der Waals surface area contributed by atoms with Gasteiger partial charge < -0.3 is 42.1 Å². The molecule has 24 heavy (non-hydrogen) atoms. The highest BCUT2D eigenvalue weighted by atomic mass is 16.3. The van der Waals surface area contributed by atoms with Crippen molar-refractivity contribution in [1.29, 1.82) is 0 Å². The summed E-state index contributed by atoms with van der Waals surface area (Å²) in [6.07, 6.45) is 1.33. The van der Waals surface area contributed by atoms with Crippen LogP contribution in [-0.4, -0.2) is 95.0 Å². The maximum atomic E-state index is 11.9. The Morgan fingerprint density at radius 1 is 0.792 bits per heavy atom. The number of rotatable bonds is 11. The topological polar surface area (TPSA) is 211 Å². The first-order valence-electron chi connectivity index (χ1n) is 6.82. The van der Waals surface area contributed by atoms with E-state index in [0.29, 0.717) is 0 Å². The molecule has 0 bridgehead atoms. The van der Waals surface area contributed by atoms with E-state index in [2.05, 4.69) is 0 Å². The summed E-state index contributed by atoms with van der Waals surface area (Å²) in [6.45, 7) is -3.10. The van der Waals surface area contributed by atoms with Crippen molar-refractivity contribution in [1.82, 2.24) is 16.0 Å². The summed E-state index contributed by atoms with van der Waals surface area (Å²) in [5.74, 6) is -2.91. The molecule has 137 valence electrons. The molecule has 0 aliphatic heterocycles. The van der Waals surface area contributed by atoms with Crippen LogP contribution in [0.25, 0.3) is 0 Å². The van der Waals surface area contributed by atoms with E-state index in [0.717, 1.165) is 0 Å². The smallest absolute Gasteiger partial charge is 0.245 e. The first-order valence-corrected chi connectivity index (χ1v) is 6.82. The monoisotopic (exact) mass is 349 g/mol. The second kappa shape index (κ2) is 11.4. The first-order chi connectivity index (χ1) is 11.3. The molecule has 0 heterocycles. The number of nitrogens with one attached hydrogen (secondary N) is 3. The Hall–Kier alpha value is -2.12. The minimum Gasteiger partial charge on any atom is -0.394 e. The zero-order valence-corrected chi connectivity index (χ0v) is 12.6. The number of hydrogen-bond donors (Lipinski definition) is 8. The van der Waals surface area contributed by atoms with Gasteiger partial charge in [-0.05, 0) is 0 Å². The lowest BCUT2D eigenvalue weighted by molar-refractivity contribution is -0.134. The number of carbonyl (C=O) groups is 3. The third-order valence-corrected chi connectivity index (χ3v) is 2.81. The van der Waals surface area contributed by atoms with E-state index >= 15 is 0 Å². The summed E-state index contributed by atoms with van der Waals surface area (Å²) < 4.78 is 0. The number of aliphatic hydroxyl groups is 4. The maximum absolute atomic E-state index is 11.9. The molecule has 12 heteroatoms. The predicted molar refractivity (Wildman–Crippen MR) is 77.8 cm³/mol. The summed E-state index contributed by atoms with van der Waals surface area (Å²) >= 11 is 0. The summed E-state index contributed by atoms with van der Waals surface area (Å²) in [5, 5.41) is 41.8. The molecule has 3 amide bonds. The Labute approximate surface area is 137 Å². The average molecular weight is 349 g/mol. The van der Waals surface area contributed by atoms with Crippen molar-refractivity contribution in [3.8, 4) is 0 Å². The van der Waals surface area contributed by atoms with Crippen LogP contribution < -0.4 is 21.7 Å². The van der Waals surface area contributed by atoms with Crippen LogP contribution in [0.5, 0.6) is 0 Å². The third-order valence-electron chi connectivity index (χ3n) is 2.81. The Kier molecular flexibility index (Phi) is 10.4. The van der Waals surface area contributed by atoms with Crippen molar-refractivity contribution in [2.45, 2.75) is 24.2 Å². The fourth-order valence-electron chi connectivity index (χ4n) is 1.41. The lowest BCUT2D eigenvalue weighted by atomic mass is 10.2. The highest BCUT2D eigenvalue weighted by Crippen LogP contribution is 1.91. The molecule has 0 aromatic rings. The van der Waals surface area contributed by atoms with E-state index in [1.807, 2.05) is 16.0 Å². The van der Waals surface area contributed by atoms with Crippen LogP contribution in [0.2, 0.25) is 0 Å². The molecular formula is C12H21N4O8. The predicted octanol–water partition coefficient (Wildman–Crippen LogP) is -6.15. The van der Waals surface area contributed by atoms with Gasteiger partial charge in [-0.15, -0.1) is 0 Å². The number of aliphatic hydroxyl groups excluding tert-OH is 4. The minimum atomic E-state index is -1.50. The van der Waals surface area contributed by atoms with Crippen molar-refractivity contribution in [2.24, 2.45) is 5.73 Å². The van der Waals surface area contributed by atoms with Crippen molar-refractivity contribution in [3.05, 3.63) is 0 Å². The van der Waals surface area contributed by atoms with E-state index in [1.54, 1.807) is 0 Å². The average Bonchev–Trinajstić information content (AvgIpc) is 2.60. The Morgan fingerprint density at radius 2 is 1.25 bits per heavy atom. The Morgan fingerprint density at radius 3 is 1.62 bits per heavy atom. The van der Waals surface area contributed by atoms with E-state index in [1.165, 1.54) is 6.29 Å². The zero-order chi connectivity index (χ0) is 18.7. The normalized spacial score (nSPS) is 15.5. The lowest BCUT2D eigenvalue weighted by Crippen LogP contribution is -2.59. The molecule has 1 radical (unpaired) electrons. The van der Waals surface area contributed by atoms with Crippen molar-refractivity contribution in [2.75, 3.05) is 26.4 Å². The second-order valence-electron chi connectivity index (χ2n) is 4.64. The molecule has 0 aliphatic rings.